The molecule has 0 aliphatic rings. The topological polar surface area (TPSA) is 53.4 Å². The van der Waals surface area contributed by atoms with Gasteiger partial charge in [0.05, 0.1) is 5.92 Å². The number of nitrogens with zero attached hydrogens (tertiary/aromatic N) is 2. The van der Waals surface area contributed by atoms with Crippen molar-refractivity contribution >= 4 is 5.97 Å². The number of hydrogen-bond acceptors (Lipinski definition) is 3. The van der Waals surface area contributed by atoms with E-state index in [4.69, 9.17) is 5.11 Å². The van der Waals surface area contributed by atoms with E-state index in [1.54, 1.807) is 13.1 Å². The van der Waals surface area contributed by atoms with Crippen LogP contribution in [0.4, 0.5) is 0 Å². The molecule has 0 amide bonds. The first-order valence-electron chi connectivity index (χ1n) is 7.47. The molecular weight excluding hydrogens is 252 g/mol. The van der Waals surface area contributed by atoms with E-state index in [9.17, 15) is 4.79 Å². The molecule has 1 rings (SSSR count). The zero-order valence-electron chi connectivity index (χ0n) is 12.6. The van der Waals surface area contributed by atoms with Crippen molar-refractivity contribution in [2.24, 2.45) is 5.92 Å². The van der Waals surface area contributed by atoms with E-state index in [1.807, 2.05) is 18.3 Å². The van der Waals surface area contributed by atoms with Crippen LogP contribution in [0.5, 0.6) is 0 Å². The van der Waals surface area contributed by atoms with Crippen LogP contribution in [-0.4, -0.2) is 34.0 Å². The van der Waals surface area contributed by atoms with Crippen molar-refractivity contribution in [1.29, 1.82) is 0 Å². The van der Waals surface area contributed by atoms with Gasteiger partial charge in [-0.25, -0.2) is 0 Å². The first-order chi connectivity index (χ1) is 9.63. The van der Waals surface area contributed by atoms with E-state index in [0.29, 0.717) is 6.54 Å². The Kier molecular flexibility index (Phi) is 7.88. The molecule has 1 N–H and O–H groups in total. The van der Waals surface area contributed by atoms with Crippen molar-refractivity contribution in [2.45, 2.75) is 46.1 Å². The fraction of sp³-hybridized carbons (Fsp3) is 0.625. The van der Waals surface area contributed by atoms with E-state index in [1.165, 1.54) is 19.3 Å². The number of unbranched alkanes of at least 4 members (excludes halogenated alkanes) is 3. The van der Waals surface area contributed by atoms with Crippen LogP contribution in [-0.2, 0) is 11.3 Å². The summed E-state index contributed by atoms with van der Waals surface area (Å²) in [5.41, 5.74) is 1.14. The van der Waals surface area contributed by atoms with Gasteiger partial charge in [-0.2, -0.15) is 0 Å². The first kappa shape index (κ1) is 16.6. The monoisotopic (exact) mass is 278 g/mol. The second kappa shape index (κ2) is 9.48. The second-order valence-corrected chi connectivity index (χ2v) is 5.40. The normalized spacial score (nSPS) is 12.6. The zero-order valence-corrected chi connectivity index (χ0v) is 12.6. The Hall–Kier alpha value is -1.42. The molecule has 1 aromatic rings. The molecule has 0 aliphatic heterocycles. The van der Waals surface area contributed by atoms with Gasteiger partial charge in [-0.05, 0) is 24.6 Å². The number of rotatable bonds is 10. The molecule has 1 atom stereocenters. The summed E-state index contributed by atoms with van der Waals surface area (Å²) >= 11 is 0. The lowest BCUT2D eigenvalue weighted by atomic mass is 10.1. The molecule has 112 valence electrons. The smallest absolute Gasteiger partial charge is 0.307 e. The van der Waals surface area contributed by atoms with Gasteiger partial charge in [0.25, 0.3) is 0 Å². The van der Waals surface area contributed by atoms with Gasteiger partial charge in [0.1, 0.15) is 0 Å². The molecular formula is C16H26N2O2. The van der Waals surface area contributed by atoms with Crippen LogP contribution in [0.3, 0.4) is 0 Å². The third kappa shape index (κ3) is 6.66. The van der Waals surface area contributed by atoms with Crippen molar-refractivity contribution in [3.8, 4) is 0 Å². The predicted octanol–water partition coefficient (Wildman–Crippen LogP) is 3.18. The third-order valence-corrected chi connectivity index (χ3v) is 3.41. The SMILES string of the molecule is CCCCCCN(Cc1cccnc1)CC(C)C(=O)O. The van der Waals surface area contributed by atoms with Crippen molar-refractivity contribution in [3.05, 3.63) is 30.1 Å². The van der Waals surface area contributed by atoms with Gasteiger partial charge in [0.15, 0.2) is 0 Å². The quantitative estimate of drug-likeness (QED) is 0.668. The zero-order chi connectivity index (χ0) is 14.8. The van der Waals surface area contributed by atoms with E-state index in [2.05, 4.69) is 16.8 Å². The van der Waals surface area contributed by atoms with Gasteiger partial charge in [-0.15, -0.1) is 0 Å². The molecule has 0 radical (unpaired) electrons. The molecule has 0 spiro atoms. The van der Waals surface area contributed by atoms with E-state index in [-0.39, 0.29) is 5.92 Å². The highest BCUT2D eigenvalue weighted by atomic mass is 16.4. The fourth-order valence-corrected chi connectivity index (χ4v) is 2.21. The summed E-state index contributed by atoms with van der Waals surface area (Å²) in [5.74, 6) is -1.06. The predicted molar refractivity (Wildman–Crippen MR) is 80.5 cm³/mol. The summed E-state index contributed by atoms with van der Waals surface area (Å²) < 4.78 is 0. The van der Waals surface area contributed by atoms with E-state index >= 15 is 0 Å². The molecule has 1 aromatic heterocycles. The lowest BCUT2D eigenvalue weighted by Gasteiger charge is -2.24. The highest BCUT2D eigenvalue weighted by Crippen LogP contribution is 2.09. The van der Waals surface area contributed by atoms with Crippen molar-refractivity contribution in [3.63, 3.8) is 0 Å². The first-order valence-corrected chi connectivity index (χ1v) is 7.47. The van der Waals surface area contributed by atoms with Gasteiger partial charge in [-0.3, -0.25) is 14.7 Å². The van der Waals surface area contributed by atoms with Gasteiger partial charge in [0.2, 0.25) is 0 Å². The Balaban J connectivity index is 2.51. The summed E-state index contributed by atoms with van der Waals surface area (Å²) in [4.78, 5) is 17.4. The molecule has 4 heteroatoms. The number of carboxylic acids is 1. The molecule has 0 saturated carbocycles. The van der Waals surface area contributed by atoms with Gasteiger partial charge in [0, 0.05) is 25.5 Å². The van der Waals surface area contributed by atoms with Crippen LogP contribution in [0, 0.1) is 5.92 Å². The van der Waals surface area contributed by atoms with E-state index < -0.39 is 5.97 Å². The minimum Gasteiger partial charge on any atom is -0.481 e. The lowest BCUT2D eigenvalue weighted by Crippen LogP contribution is -2.32. The number of carbonyl (C=O) groups is 1. The van der Waals surface area contributed by atoms with Crippen LogP contribution in [0.1, 0.15) is 45.1 Å². The average Bonchev–Trinajstić information content (AvgIpc) is 2.44. The average molecular weight is 278 g/mol. The molecule has 1 unspecified atom stereocenters. The van der Waals surface area contributed by atoms with Crippen LogP contribution < -0.4 is 0 Å². The Bertz CT molecular complexity index is 381. The summed E-state index contributed by atoms with van der Waals surface area (Å²) in [5, 5.41) is 9.07. The summed E-state index contributed by atoms with van der Waals surface area (Å²) in [6.45, 7) is 6.28. The standard InChI is InChI=1S/C16H26N2O2/c1-3-4-5-6-10-18(12-14(2)16(19)20)13-15-8-7-9-17-11-15/h7-9,11,14H,3-6,10,12-13H2,1-2H3,(H,19,20). The molecule has 0 aromatic carbocycles. The molecule has 20 heavy (non-hydrogen) atoms. The molecule has 0 aliphatic carbocycles. The second-order valence-electron chi connectivity index (χ2n) is 5.40. The number of pyridine rings is 1. The number of aromatic nitrogens is 1. The summed E-state index contributed by atoms with van der Waals surface area (Å²) in [7, 11) is 0. The molecule has 0 bridgehead atoms. The Labute approximate surface area is 121 Å². The van der Waals surface area contributed by atoms with Crippen LogP contribution in [0.15, 0.2) is 24.5 Å². The van der Waals surface area contributed by atoms with Gasteiger partial charge < -0.3 is 5.11 Å². The summed E-state index contributed by atoms with van der Waals surface area (Å²) in [6.07, 6.45) is 8.41. The largest absolute Gasteiger partial charge is 0.481 e. The molecule has 4 nitrogen and oxygen atoms in total. The van der Waals surface area contributed by atoms with Gasteiger partial charge in [-0.1, -0.05) is 39.2 Å². The maximum absolute atomic E-state index is 11.0. The number of hydrogen-bond donors (Lipinski definition) is 1. The Morgan fingerprint density at radius 1 is 1.40 bits per heavy atom. The molecule has 0 fully saturated rings. The minimum atomic E-state index is -0.727. The van der Waals surface area contributed by atoms with Crippen LogP contribution in [0.2, 0.25) is 0 Å². The molecule has 1 heterocycles. The van der Waals surface area contributed by atoms with Gasteiger partial charge >= 0.3 is 5.97 Å². The van der Waals surface area contributed by atoms with Crippen molar-refractivity contribution in [2.75, 3.05) is 13.1 Å². The summed E-state index contributed by atoms with van der Waals surface area (Å²) in [6, 6.07) is 3.96. The molecule has 0 saturated heterocycles. The Morgan fingerprint density at radius 2 is 2.20 bits per heavy atom. The van der Waals surface area contributed by atoms with E-state index in [0.717, 1.165) is 25.1 Å². The van der Waals surface area contributed by atoms with Crippen LogP contribution in [0.25, 0.3) is 0 Å². The fourth-order valence-electron chi connectivity index (χ4n) is 2.21. The van der Waals surface area contributed by atoms with Crippen molar-refractivity contribution < 1.29 is 9.90 Å². The van der Waals surface area contributed by atoms with Crippen molar-refractivity contribution in [1.82, 2.24) is 9.88 Å². The highest BCUT2D eigenvalue weighted by molar-refractivity contribution is 5.69. The maximum atomic E-state index is 11.0. The number of aliphatic carboxylic acids is 1. The third-order valence-electron chi connectivity index (χ3n) is 3.41. The minimum absolute atomic E-state index is 0.335. The lowest BCUT2D eigenvalue weighted by molar-refractivity contribution is -0.141. The number of carboxylic acid groups (broad SMARTS) is 1. The van der Waals surface area contributed by atoms with Crippen LogP contribution >= 0.6 is 0 Å². The highest BCUT2D eigenvalue weighted by Gasteiger charge is 2.16. The Morgan fingerprint density at radius 3 is 2.80 bits per heavy atom. The maximum Gasteiger partial charge on any atom is 0.307 e.